The van der Waals surface area contributed by atoms with E-state index in [1.807, 2.05) is 37.3 Å². The van der Waals surface area contributed by atoms with Crippen LogP contribution in [0.1, 0.15) is 28.8 Å². The number of para-hydroxylation sites is 1. The molecule has 0 aliphatic rings. The van der Waals surface area contributed by atoms with Gasteiger partial charge in [-0.15, -0.1) is 0 Å². The first-order valence-electron chi connectivity index (χ1n) is 7.75. The summed E-state index contributed by atoms with van der Waals surface area (Å²) in [5, 5.41) is 4.35. The first kappa shape index (κ1) is 16.4. The minimum Gasteiger partial charge on any atom is -0.439 e. The maximum atomic E-state index is 11.7. The van der Waals surface area contributed by atoms with E-state index in [0.717, 1.165) is 0 Å². The van der Waals surface area contributed by atoms with E-state index in [4.69, 9.17) is 16.2 Å². The number of rotatable bonds is 5. The Bertz CT molecular complexity index is 920. The van der Waals surface area contributed by atoms with E-state index in [0.29, 0.717) is 35.4 Å². The lowest BCUT2D eigenvalue weighted by molar-refractivity contribution is 0.100. The van der Waals surface area contributed by atoms with Crippen LogP contribution in [0.5, 0.6) is 11.6 Å². The molecular formula is C17H18N6O2. The maximum absolute atomic E-state index is 11.7. The number of hydrogen-bond donors (Lipinski definition) is 2. The van der Waals surface area contributed by atoms with Gasteiger partial charge in [-0.3, -0.25) is 4.79 Å². The molecular weight excluding hydrogens is 320 g/mol. The van der Waals surface area contributed by atoms with Crippen molar-refractivity contribution in [1.82, 2.24) is 19.7 Å². The molecule has 0 atom stereocenters. The van der Waals surface area contributed by atoms with Crippen molar-refractivity contribution in [1.29, 1.82) is 0 Å². The fourth-order valence-corrected chi connectivity index (χ4v) is 2.46. The van der Waals surface area contributed by atoms with Crippen LogP contribution in [-0.2, 0) is 6.42 Å². The number of hydrogen-bond acceptors (Lipinski definition) is 6. The Morgan fingerprint density at radius 2 is 1.96 bits per heavy atom. The summed E-state index contributed by atoms with van der Waals surface area (Å²) in [5.41, 5.74) is 12.2. The molecule has 3 aromatic rings. The SMILES string of the molecule is CCc1nn(-c2cc(Oc3ccccc3)nc(C)n2)c(N)c1C(N)=O. The Balaban J connectivity index is 2.05. The van der Waals surface area contributed by atoms with Gasteiger partial charge < -0.3 is 16.2 Å². The van der Waals surface area contributed by atoms with Crippen molar-refractivity contribution in [2.75, 3.05) is 5.73 Å². The monoisotopic (exact) mass is 338 g/mol. The average Bonchev–Trinajstić information content (AvgIpc) is 2.92. The second-order valence-electron chi connectivity index (χ2n) is 5.36. The van der Waals surface area contributed by atoms with Gasteiger partial charge in [0.25, 0.3) is 5.91 Å². The first-order valence-corrected chi connectivity index (χ1v) is 7.75. The van der Waals surface area contributed by atoms with Crippen LogP contribution >= 0.6 is 0 Å². The third-order valence-corrected chi connectivity index (χ3v) is 3.56. The normalized spacial score (nSPS) is 10.6. The first-order chi connectivity index (χ1) is 12.0. The molecule has 2 heterocycles. The number of aryl methyl sites for hydroxylation is 2. The molecule has 25 heavy (non-hydrogen) atoms. The number of carbonyl (C=O) groups excluding carboxylic acids is 1. The van der Waals surface area contributed by atoms with Gasteiger partial charge in [0, 0.05) is 6.07 Å². The van der Waals surface area contributed by atoms with Crippen molar-refractivity contribution in [2.24, 2.45) is 5.73 Å². The van der Waals surface area contributed by atoms with E-state index >= 15 is 0 Å². The van der Waals surface area contributed by atoms with Crippen LogP contribution in [0.4, 0.5) is 5.82 Å². The van der Waals surface area contributed by atoms with E-state index in [-0.39, 0.29) is 11.4 Å². The number of primary amides is 1. The molecule has 1 aromatic carbocycles. The molecule has 0 aliphatic carbocycles. The number of nitrogens with two attached hydrogens (primary N) is 2. The molecule has 0 unspecified atom stereocenters. The highest BCUT2D eigenvalue weighted by Crippen LogP contribution is 2.24. The number of carbonyl (C=O) groups is 1. The van der Waals surface area contributed by atoms with Gasteiger partial charge in [-0.25, -0.2) is 4.98 Å². The minimum absolute atomic E-state index is 0.146. The summed E-state index contributed by atoms with van der Waals surface area (Å²) in [5.74, 6) is 1.41. The van der Waals surface area contributed by atoms with Gasteiger partial charge in [0.05, 0.1) is 5.69 Å². The van der Waals surface area contributed by atoms with Crippen LogP contribution in [0.25, 0.3) is 5.82 Å². The number of ether oxygens (including phenoxy) is 1. The Morgan fingerprint density at radius 3 is 2.56 bits per heavy atom. The highest BCUT2D eigenvalue weighted by atomic mass is 16.5. The second kappa shape index (κ2) is 6.60. The van der Waals surface area contributed by atoms with Gasteiger partial charge in [-0.05, 0) is 25.5 Å². The zero-order chi connectivity index (χ0) is 18.0. The molecule has 0 spiro atoms. The van der Waals surface area contributed by atoms with Crippen molar-refractivity contribution < 1.29 is 9.53 Å². The molecule has 8 nitrogen and oxygen atoms in total. The van der Waals surface area contributed by atoms with Crippen LogP contribution in [0, 0.1) is 6.92 Å². The van der Waals surface area contributed by atoms with Crippen molar-refractivity contribution in [3.63, 3.8) is 0 Å². The second-order valence-corrected chi connectivity index (χ2v) is 5.36. The molecule has 3 rings (SSSR count). The summed E-state index contributed by atoms with van der Waals surface area (Å²) in [7, 11) is 0. The molecule has 0 bridgehead atoms. The van der Waals surface area contributed by atoms with Crippen LogP contribution in [0.15, 0.2) is 36.4 Å². The van der Waals surface area contributed by atoms with Gasteiger partial charge in [-0.2, -0.15) is 14.8 Å². The Kier molecular flexibility index (Phi) is 4.34. The zero-order valence-electron chi connectivity index (χ0n) is 13.9. The summed E-state index contributed by atoms with van der Waals surface area (Å²) in [6.45, 7) is 3.60. The largest absolute Gasteiger partial charge is 0.439 e. The lowest BCUT2D eigenvalue weighted by Crippen LogP contribution is -2.15. The van der Waals surface area contributed by atoms with Gasteiger partial charge in [0.1, 0.15) is 23.0 Å². The fraction of sp³-hybridized carbons (Fsp3) is 0.176. The number of aromatic nitrogens is 4. The van der Waals surface area contributed by atoms with Crippen LogP contribution < -0.4 is 16.2 Å². The topological polar surface area (TPSA) is 122 Å². The van der Waals surface area contributed by atoms with E-state index in [2.05, 4.69) is 15.1 Å². The summed E-state index contributed by atoms with van der Waals surface area (Å²) in [4.78, 5) is 20.2. The number of amides is 1. The lowest BCUT2D eigenvalue weighted by atomic mass is 10.2. The van der Waals surface area contributed by atoms with E-state index < -0.39 is 5.91 Å². The smallest absolute Gasteiger partial charge is 0.254 e. The quantitative estimate of drug-likeness (QED) is 0.734. The number of anilines is 1. The van der Waals surface area contributed by atoms with Crippen LogP contribution in [-0.4, -0.2) is 25.7 Å². The standard InChI is InChI=1S/C17H18N6O2/c1-3-12-15(17(19)24)16(18)23(22-12)13-9-14(21-10(2)20-13)25-11-7-5-4-6-8-11/h4-9H,3,18H2,1-2H3,(H2,19,24). The third-order valence-electron chi connectivity index (χ3n) is 3.56. The lowest BCUT2D eigenvalue weighted by Gasteiger charge is -2.08. The molecule has 8 heteroatoms. The van der Waals surface area contributed by atoms with Gasteiger partial charge in [-0.1, -0.05) is 25.1 Å². The summed E-state index contributed by atoms with van der Waals surface area (Å²) < 4.78 is 7.13. The molecule has 0 saturated heterocycles. The van der Waals surface area contributed by atoms with Crippen LogP contribution in [0.3, 0.4) is 0 Å². The maximum Gasteiger partial charge on any atom is 0.254 e. The number of nitrogens with zero attached hydrogens (tertiary/aromatic N) is 4. The van der Waals surface area contributed by atoms with E-state index in [1.54, 1.807) is 13.0 Å². The molecule has 2 aromatic heterocycles. The average molecular weight is 338 g/mol. The predicted octanol–water partition coefficient (Wildman–Crippen LogP) is 2.01. The Morgan fingerprint density at radius 1 is 1.24 bits per heavy atom. The van der Waals surface area contributed by atoms with Gasteiger partial charge in [0.15, 0.2) is 5.82 Å². The van der Waals surface area contributed by atoms with Crippen molar-refractivity contribution in [3.05, 3.63) is 53.5 Å². The Hall–Kier alpha value is -3.42. The third kappa shape index (κ3) is 3.27. The highest BCUT2D eigenvalue weighted by Gasteiger charge is 2.21. The molecule has 0 aliphatic heterocycles. The fourth-order valence-electron chi connectivity index (χ4n) is 2.46. The number of benzene rings is 1. The van der Waals surface area contributed by atoms with Crippen LogP contribution in [0.2, 0.25) is 0 Å². The highest BCUT2D eigenvalue weighted by molar-refractivity contribution is 5.98. The summed E-state index contributed by atoms with van der Waals surface area (Å²) >= 11 is 0. The molecule has 0 radical (unpaired) electrons. The number of nitrogen functional groups attached to an aromatic ring is 1. The van der Waals surface area contributed by atoms with Gasteiger partial charge in [0.2, 0.25) is 5.88 Å². The summed E-state index contributed by atoms with van der Waals surface area (Å²) in [6.07, 6.45) is 0.521. The molecule has 0 saturated carbocycles. The van der Waals surface area contributed by atoms with Crippen molar-refractivity contribution in [2.45, 2.75) is 20.3 Å². The van der Waals surface area contributed by atoms with E-state index in [1.165, 1.54) is 4.68 Å². The predicted molar refractivity (Wildman–Crippen MR) is 92.7 cm³/mol. The summed E-state index contributed by atoms with van der Waals surface area (Å²) in [6, 6.07) is 10.9. The molecule has 1 amide bonds. The van der Waals surface area contributed by atoms with E-state index in [9.17, 15) is 4.79 Å². The van der Waals surface area contributed by atoms with Crippen molar-refractivity contribution in [3.8, 4) is 17.4 Å². The van der Waals surface area contributed by atoms with Gasteiger partial charge >= 0.3 is 0 Å². The molecule has 128 valence electrons. The zero-order valence-corrected chi connectivity index (χ0v) is 13.9. The molecule has 0 fully saturated rings. The van der Waals surface area contributed by atoms with Crippen molar-refractivity contribution >= 4 is 11.7 Å². The Labute approximate surface area is 144 Å². The minimum atomic E-state index is -0.618. The molecule has 4 N–H and O–H groups in total.